The zero-order valence-corrected chi connectivity index (χ0v) is 15.8. The molecule has 0 radical (unpaired) electrons. The molecule has 0 aromatic heterocycles. The van der Waals surface area contributed by atoms with Crippen LogP contribution in [0.1, 0.15) is 47.2 Å². The molecule has 0 N–H and O–H groups in total. The van der Waals surface area contributed by atoms with Crippen LogP contribution >= 0.6 is 0 Å². The van der Waals surface area contributed by atoms with Crippen LogP contribution in [0.25, 0.3) is 0 Å². The van der Waals surface area contributed by atoms with Crippen molar-refractivity contribution in [3.05, 3.63) is 71.3 Å². The topological polar surface area (TPSA) is 64.4 Å². The SMILES string of the molecule is N#Cc1cccc(C(=O)N2CCCC23CCCN(Cc2ccccc2)C3=O)c1. The van der Waals surface area contributed by atoms with E-state index in [1.807, 2.05) is 35.2 Å². The summed E-state index contributed by atoms with van der Waals surface area (Å²) in [6.45, 7) is 1.88. The van der Waals surface area contributed by atoms with Gasteiger partial charge in [0.25, 0.3) is 5.91 Å². The van der Waals surface area contributed by atoms with Crippen LogP contribution in [0.5, 0.6) is 0 Å². The quantitative estimate of drug-likeness (QED) is 0.829. The Balaban J connectivity index is 1.60. The molecule has 2 amide bonds. The Morgan fingerprint density at radius 1 is 1.04 bits per heavy atom. The molecule has 2 aromatic rings. The third-order valence-corrected chi connectivity index (χ3v) is 5.89. The first-order chi connectivity index (χ1) is 13.6. The average Bonchev–Trinajstić information content (AvgIpc) is 3.16. The fourth-order valence-electron chi connectivity index (χ4n) is 4.55. The first-order valence-corrected chi connectivity index (χ1v) is 9.79. The summed E-state index contributed by atoms with van der Waals surface area (Å²) in [5.74, 6) is -0.0885. The highest BCUT2D eigenvalue weighted by atomic mass is 16.2. The molecule has 0 aliphatic carbocycles. The molecule has 2 aromatic carbocycles. The van der Waals surface area contributed by atoms with Crippen LogP contribution in [0.4, 0.5) is 0 Å². The lowest BCUT2D eigenvalue weighted by molar-refractivity contribution is -0.146. The number of rotatable bonds is 3. The minimum absolute atomic E-state index is 0.0601. The Kier molecular flexibility index (Phi) is 4.87. The minimum atomic E-state index is -0.743. The molecule has 28 heavy (non-hydrogen) atoms. The highest BCUT2D eigenvalue weighted by Crippen LogP contribution is 2.39. The van der Waals surface area contributed by atoms with Crippen LogP contribution in [0.3, 0.4) is 0 Å². The van der Waals surface area contributed by atoms with Gasteiger partial charge in [-0.1, -0.05) is 36.4 Å². The predicted molar refractivity (Wildman–Crippen MR) is 105 cm³/mol. The van der Waals surface area contributed by atoms with Gasteiger partial charge in [0.2, 0.25) is 5.91 Å². The van der Waals surface area contributed by atoms with E-state index in [2.05, 4.69) is 6.07 Å². The molecule has 2 heterocycles. The van der Waals surface area contributed by atoms with Crippen molar-refractivity contribution in [3.63, 3.8) is 0 Å². The van der Waals surface area contributed by atoms with E-state index in [0.29, 0.717) is 37.1 Å². The van der Waals surface area contributed by atoms with Gasteiger partial charge in [-0.05, 0) is 49.4 Å². The van der Waals surface area contributed by atoms with Gasteiger partial charge >= 0.3 is 0 Å². The maximum Gasteiger partial charge on any atom is 0.254 e. The molecule has 1 spiro atoms. The summed E-state index contributed by atoms with van der Waals surface area (Å²) in [5.41, 5.74) is 1.30. The Morgan fingerprint density at radius 3 is 2.54 bits per heavy atom. The number of hydrogen-bond donors (Lipinski definition) is 0. The third kappa shape index (κ3) is 3.16. The molecule has 2 aliphatic heterocycles. The van der Waals surface area contributed by atoms with E-state index in [1.165, 1.54) is 0 Å². The van der Waals surface area contributed by atoms with Crippen molar-refractivity contribution in [3.8, 4) is 6.07 Å². The normalized spacial score (nSPS) is 21.8. The monoisotopic (exact) mass is 373 g/mol. The minimum Gasteiger partial charge on any atom is -0.336 e. The molecule has 2 fully saturated rings. The second-order valence-corrected chi connectivity index (χ2v) is 7.60. The Morgan fingerprint density at radius 2 is 1.79 bits per heavy atom. The van der Waals surface area contributed by atoms with E-state index >= 15 is 0 Å². The highest BCUT2D eigenvalue weighted by molar-refractivity contribution is 6.00. The Hall–Kier alpha value is -3.13. The Bertz CT molecular complexity index is 934. The van der Waals surface area contributed by atoms with E-state index in [-0.39, 0.29) is 11.8 Å². The fourth-order valence-corrected chi connectivity index (χ4v) is 4.55. The molecule has 5 nitrogen and oxygen atoms in total. The number of carbonyl (C=O) groups excluding carboxylic acids is 2. The van der Waals surface area contributed by atoms with Crippen LogP contribution in [-0.4, -0.2) is 40.2 Å². The molecule has 2 saturated heterocycles. The van der Waals surface area contributed by atoms with Gasteiger partial charge in [-0.3, -0.25) is 9.59 Å². The van der Waals surface area contributed by atoms with E-state index < -0.39 is 5.54 Å². The van der Waals surface area contributed by atoms with Crippen LogP contribution in [0, 0.1) is 11.3 Å². The van der Waals surface area contributed by atoms with Crippen molar-refractivity contribution in [1.29, 1.82) is 5.26 Å². The van der Waals surface area contributed by atoms with Gasteiger partial charge < -0.3 is 9.80 Å². The number of piperidine rings is 1. The first kappa shape index (κ1) is 18.2. The summed E-state index contributed by atoms with van der Waals surface area (Å²) in [6, 6.07) is 18.8. The molecule has 1 unspecified atom stereocenters. The fraction of sp³-hybridized carbons (Fsp3) is 0.348. The molecule has 5 heteroatoms. The number of amides is 2. The standard InChI is InChI=1S/C23H23N3O2/c24-16-19-9-4-10-20(15-19)21(27)26-14-6-12-23(26)11-5-13-25(22(23)28)17-18-7-2-1-3-8-18/h1-4,7-10,15H,5-6,11-14,17H2. The summed E-state index contributed by atoms with van der Waals surface area (Å²) in [5, 5.41) is 9.13. The molecule has 4 rings (SSSR count). The van der Waals surface area contributed by atoms with Gasteiger partial charge in [0.1, 0.15) is 5.54 Å². The summed E-state index contributed by atoms with van der Waals surface area (Å²) in [7, 11) is 0. The van der Waals surface area contributed by atoms with Crippen molar-refractivity contribution in [1.82, 2.24) is 9.80 Å². The van der Waals surface area contributed by atoms with E-state index in [0.717, 1.165) is 24.9 Å². The number of carbonyl (C=O) groups is 2. The van der Waals surface area contributed by atoms with Gasteiger partial charge in [0.05, 0.1) is 11.6 Å². The number of benzene rings is 2. The van der Waals surface area contributed by atoms with Crippen LogP contribution in [-0.2, 0) is 11.3 Å². The summed E-state index contributed by atoms with van der Waals surface area (Å²) in [6.07, 6.45) is 3.14. The number of nitriles is 1. The van der Waals surface area contributed by atoms with Crippen molar-refractivity contribution >= 4 is 11.8 Å². The van der Waals surface area contributed by atoms with E-state index in [1.54, 1.807) is 29.2 Å². The van der Waals surface area contributed by atoms with Gasteiger partial charge in [0.15, 0.2) is 0 Å². The average molecular weight is 373 g/mol. The zero-order chi connectivity index (χ0) is 19.6. The van der Waals surface area contributed by atoms with Crippen LogP contribution < -0.4 is 0 Å². The highest BCUT2D eigenvalue weighted by Gasteiger charge is 2.52. The Labute approximate surface area is 165 Å². The lowest BCUT2D eigenvalue weighted by atomic mass is 9.84. The van der Waals surface area contributed by atoms with Gasteiger partial charge in [-0.15, -0.1) is 0 Å². The van der Waals surface area contributed by atoms with Gasteiger partial charge in [0, 0.05) is 25.2 Å². The molecular weight excluding hydrogens is 350 g/mol. The largest absolute Gasteiger partial charge is 0.336 e. The molecule has 142 valence electrons. The second kappa shape index (κ2) is 7.47. The van der Waals surface area contributed by atoms with Gasteiger partial charge in [-0.2, -0.15) is 5.26 Å². The third-order valence-electron chi connectivity index (χ3n) is 5.89. The molecule has 1 atom stereocenters. The van der Waals surface area contributed by atoms with Crippen molar-refractivity contribution in [2.45, 2.75) is 37.8 Å². The maximum absolute atomic E-state index is 13.5. The predicted octanol–water partition coefficient (Wildman–Crippen LogP) is 3.36. The van der Waals surface area contributed by atoms with Crippen LogP contribution in [0.2, 0.25) is 0 Å². The number of hydrogen-bond acceptors (Lipinski definition) is 3. The molecule has 2 aliphatic rings. The molecule has 0 saturated carbocycles. The van der Waals surface area contributed by atoms with Gasteiger partial charge in [-0.25, -0.2) is 0 Å². The van der Waals surface area contributed by atoms with E-state index in [9.17, 15) is 9.59 Å². The zero-order valence-electron chi connectivity index (χ0n) is 15.8. The lowest BCUT2D eigenvalue weighted by Crippen LogP contribution is -2.61. The maximum atomic E-state index is 13.5. The summed E-state index contributed by atoms with van der Waals surface area (Å²) < 4.78 is 0. The van der Waals surface area contributed by atoms with Crippen molar-refractivity contribution in [2.24, 2.45) is 0 Å². The van der Waals surface area contributed by atoms with Crippen molar-refractivity contribution < 1.29 is 9.59 Å². The molecule has 0 bridgehead atoms. The summed E-state index contributed by atoms with van der Waals surface area (Å²) in [4.78, 5) is 30.4. The van der Waals surface area contributed by atoms with Crippen molar-refractivity contribution in [2.75, 3.05) is 13.1 Å². The smallest absolute Gasteiger partial charge is 0.254 e. The number of nitrogens with zero attached hydrogens (tertiary/aromatic N) is 3. The number of likely N-dealkylation sites (tertiary alicyclic amines) is 2. The van der Waals surface area contributed by atoms with E-state index in [4.69, 9.17) is 5.26 Å². The second-order valence-electron chi connectivity index (χ2n) is 7.60. The molecular formula is C23H23N3O2. The first-order valence-electron chi connectivity index (χ1n) is 9.79. The lowest BCUT2D eigenvalue weighted by Gasteiger charge is -2.44. The van der Waals surface area contributed by atoms with Crippen LogP contribution in [0.15, 0.2) is 54.6 Å². The summed E-state index contributed by atoms with van der Waals surface area (Å²) >= 11 is 0.